The minimum absolute atomic E-state index is 0.0364. The van der Waals surface area contributed by atoms with Crippen molar-refractivity contribution in [2.75, 3.05) is 5.88 Å². The van der Waals surface area contributed by atoms with E-state index in [2.05, 4.69) is 4.74 Å². The highest BCUT2D eigenvalue weighted by Crippen LogP contribution is 2.32. The van der Waals surface area contributed by atoms with Gasteiger partial charge in [-0.25, -0.2) is 0 Å². The molecule has 0 aliphatic heterocycles. The van der Waals surface area contributed by atoms with Crippen LogP contribution in [0.15, 0.2) is 12.1 Å². The van der Waals surface area contributed by atoms with Gasteiger partial charge in [0.1, 0.15) is 5.75 Å². The summed E-state index contributed by atoms with van der Waals surface area (Å²) in [6, 6.07) is 2.20. The quantitative estimate of drug-likeness (QED) is 0.618. The van der Waals surface area contributed by atoms with Crippen LogP contribution in [0.3, 0.4) is 0 Å². The van der Waals surface area contributed by atoms with Crippen LogP contribution in [0.25, 0.3) is 0 Å². The molecule has 0 aromatic heterocycles. The van der Waals surface area contributed by atoms with E-state index in [9.17, 15) is 13.6 Å². The van der Waals surface area contributed by atoms with Crippen molar-refractivity contribution in [3.05, 3.63) is 27.7 Å². The summed E-state index contributed by atoms with van der Waals surface area (Å²) in [4.78, 5) is 11.3. The second-order valence-corrected chi connectivity index (χ2v) is 3.78. The van der Waals surface area contributed by atoms with E-state index in [1.165, 1.54) is 0 Å². The third-order valence-electron chi connectivity index (χ3n) is 1.66. The molecule has 0 amide bonds. The number of halogens is 5. The molecule has 88 valence electrons. The molecule has 0 N–H and O–H groups in total. The molecule has 0 aliphatic carbocycles. The Morgan fingerprint density at radius 2 is 1.94 bits per heavy atom. The highest BCUT2D eigenvalue weighted by molar-refractivity contribution is 6.39. The molecule has 0 fully saturated rings. The summed E-state index contributed by atoms with van der Waals surface area (Å²) in [6.45, 7) is -3.01. The fourth-order valence-electron chi connectivity index (χ4n) is 1.00. The first-order valence-electron chi connectivity index (χ1n) is 3.98. The first-order valence-corrected chi connectivity index (χ1v) is 5.27. The van der Waals surface area contributed by atoms with Crippen LogP contribution in [0.4, 0.5) is 8.78 Å². The lowest BCUT2D eigenvalue weighted by atomic mass is 10.1. The Balaban J connectivity index is 3.11. The van der Waals surface area contributed by atoms with E-state index in [0.717, 1.165) is 12.1 Å². The van der Waals surface area contributed by atoms with Gasteiger partial charge < -0.3 is 4.74 Å². The lowest BCUT2D eigenvalue weighted by Gasteiger charge is -2.09. The molecule has 16 heavy (non-hydrogen) atoms. The molecule has 1 aromatic rings. The predicted octanol–water partition coefficient (Wildman–Crippen LogP) is 4.02. The summed E-state index contributed by atoms with van der Waals surface area (Å²) in [5.74, 6) is -1.00. The zero-order valence-corrected chi connectivity index (χ0v) is 9.91. The van der Waals surface area contributed by atoms with Crippen LogP contribution in [-0.2, 0) is 0 Å². The number of hydrogen-bond donors (Lipinski definition) is 0. The number of alkyl halides is 3. The second kappa shape index (κ2) is 5.66. The normalized spacial score (nSPS) is 10.6. The Hall–Kier alpha value is -0.580. The zero-order valence-electron chi connectivity index (χ0n) is 7.65. The van der Waals surface area contributed by atoms with Crippen LogP contribution >= 0.6 is 34.8 Å². The highest BCUT2D eigenvalue weighted by Gasteiger charge is 2.16. The number of Topliss-reactive ketones (excluding diaryl/α,β-unsaturated/α-hetero) is 1. The Bertz CT molecular complexity index is 410. The van der Waals surface area contributed by atoms with Gasteiger partial charge in [-0.15, -0.1) is 11.6 Å². The molecule has 0 heterocycles. The maximum atomic E-state index is 11.9. The van der Waals surface area contributed by atoms with Gasteiger partial charge in [-0.1, -0.05) is 23.2 Å². The van der Waals surface area contributed by atoms with Crippen molar-refractivity contribution in [1.82, 2.24) is 0 Å². The molecule has 2 nitrogen and oxygen atoms in total. The summed E-state index contributed by atoms with van der Waals surface area (Å²) < 4.78 is 28.0. The van der Waals surface area contributed by atoms with E-state index in [4.69, 9.17) is 34.8 Å². The van der Waals surface area contributed by atoms with Crippen LogP contribution in [0.2, 0.25) is 10.0 Å². The molecule has 0 saturated carbocycles. The Kier molecular flexibility index (Phi) is 4.77. The average Bonchev–Trinajstić information content (AvgIpc) is 2.21. The van der Waals surface area contributed by atoms with Crippen molar-refractivity contribution >= 4 is 40.6 Å². The van der Waals surface area contributed by atoms with Crippen LogP contribution in [0, 0.1) is 0 Å². The van der Waals surface area contributed by atoms with Gasteiger partial charge in [-0.2, -0.15) is 8.78 Å². The molecule has 0 atom stereocenters. The molecule has 0 spiro atoms. The highest BCUT2D eigenvalue weighted by atomic mass is 35.5. The Labute approximate surface area is 105 Å². The second-order valence-electron chi connectivity index (χ2n) is 2.70. The predicted molar refractivity (Wildman–Crippen MR) is 58.1 cm³/mol. The summed E-state index contributed by atoms with van der Waals surface area (Å²) in [5.41, 5.74) is 0.0725. The molecule has 0 radical (unpaired) electrons. The summed E-state index contributed by atoms with van der Waals surface area (Å²) in [7, 11) is 0. The smallest absolute Gasteiger partial charge is 0.387 e. The first-order chi connectivity index (χ1) is 7.45. The van der Waals surface area contributed by atoms with Gasteiger partial charge in [0.2, 0.25) is 0 Å². The van der Waals surface area contributed by atoms with Crippen molar-refractivity contribution < 1.29 is 18.3 Å². The number of carbonyl (C=O) groups excluding carboxylic acids is 1. The molecule has 0 aliphatic rings. The SMILES string of the molecule is O=C(CCl)c1cc(Cl)c(OC(F)F)cc1Cl. The van der Waals surface area contributed by atoms with Gasteiger partial charge >= 0.3 is 6.61 Å². The number of ether oxygens (including phenoxy) is 1. The minimum atomic E-state index is -3.01. The number of ketones is 1. The lowest BCUT2D eigenvalue weighted by molar-refractivity contribution is -0.0497. The van der Waals surface area contributed by atoms with Gasteiger partial charge in [0, 0.05) is 11.6 Å². The molecule has 0 unspecified atom stereocenters. The van der Waals surface area contributed by atoms with Crippen LogP contribution in [0.5, 0.6) is 5.75 Å². The maximum absolute atomic E-state index is 11.9. The Morgan fingerprint density at radius 1 is 1.31 bits per heavy atom. The average molecular weight is 289 g/mol. The van der Waals surface area contributed by atoms with Gasteiger partial charge in [-0.05, 0) is 6.07 Å². The van der Waals surface area contributed by atoms with Crippen LogP contribution in [0.1, 0.15) is 10.4 Å². The van der Waals surface area contributed by atoms with E-state index < -0.39 is 12.4 Å². The van der Waals surface area contributed by atoms with Gasteiger partial charge in [0.25, 0.3) is 0 Å². The number of hydrogen-bond acceptors (Lipinski definition) is 2. The van der Waals surface area contributed by atoms with Gasteiger partial charge in [-0.3, -0.25) is 4.79 Å². The largest absolute Gasteiger partial charge is 0.433 e. The molecule has 7 heteroatoms. The molecular formula is C9H5Cl3F2O2. The summed E-state index contributed by atoms with van der Waals surface area (Å²) >= 11 is 16.7. The van der Waals surface area contributed by atoms with Crippen molar-refractivity contribution in [3.63, 3.8) is 0 Å². The van der Waals surface area contributed by atoms with E-state index in [0.29, 0.717) is 0 Å². The lowest BCUT2D eigenvalue weighted by Crippen LogP contribution is -2.05. The van der Waals surface area contributed by atoms with Gasteiger partial charge in [0.05, 0.1) is 15.9 Å². The van der Waals surface area contributed by atoms with Gasteiger partial charge in [0.15, 0.2) is 5.78 Å². The molecule has 1 rings (SSSR count). The van der Waals surface area contributed by atoms with E-state index in [1.807, 2.05) is 0 Å². The third-order valence-corrected chi connectivity index (χ3v) is 2.51. The monoisotopic (exact) mass is 288 g/mol. The van der Waals surface area contributed by atoms with E-state index in [1.54, 1.807) is 0 Å². The third kappa shape index (κ3) is 3.20. The van der Waals surface area contributed by atoms with Crippen molar-refractivity contribution in [2.45, 2.75) is 6.61 Å². The number of carbonyl (C=O) groups is 1. The number of benzene rings is 1. The van der Waals surface area contributed by atoms with Crippen LogP contribution < -0.4 is 4.74 Å². The summed E-state index contributed by atoms with van der Waals surface area (Å²) in [6.07, 6.45) is 0. The van der Waals surface area contributed by atoms with Crippen molar-refractivity contribution in [1.29, 1.82) is 0 Å². The van der Waals surface area contributed by atoms with Crippen molar-refractivity contribution in [2.24, 2.45) is 0 Å². The zero-order chi connectivity index (χ0) is 12.3. The molecular weight excluding hydrogens is 284 g/mol. The molecule has 0 bridgehead atoms. The fourth-order valence-corrected chi connectivity index (χ4v) is 1.61. The van der Waals surface area contributed by atoms with E-state index in [-0.39, 0.29) is 27.2 Å². The van der Waals surface area contributed by atoms with Crippen molar-refractivity contribution in [3.8, 4) is 5.75 Å². The Morgan fingerprint density at radius 3 is 2.44 bits per heavy atom. The molecule has 0 saturated heterocycles. The standard InChI is InChI=1S/C9H5Cl3F2O2/c10-3-7(15)4-1-6(12)8(2-5(4)11)16-9(13)14/h1-2,9H,3H2. The van der Waals surface area contributed by atoms with E-state index >= 15 is 0 Å². The first kappa shape index (κ1) is 13.5. The number of rotatable bonds is 4. The summed E-state index contributed by atoms with van der Waals surface area (Å²) in [5, 5.41) is -0.163. The molecule has 1 aromatic carbocycles. The topological polar surface area (TPSA) is 26.3 Å². The van der Waals surface area contributed by atoms with Crippen LogP contribution in [-0.4, -0.2) is 18.3 Å². The minimum Gasteiger partial charge on any atom is -0.433 e. The maximum Gasteiger partial charge on any atom is 0.387 e. The fraction of sp³-hybridized carbons (Fsp3) is 0.222.